The molecular weight excluding hydrogens is 484 g/mol. The molecule has 4 rings (SSSR count). The lowest BCUT2D eigenvalue weighted by molar-refractivity contribution is -0.377. The first-order valence-electron chi connectivity index (χ1n) is 11.9. The van der Waals surface area contributed by atoms with Crippen molar-refractivity contribution in [2.75, 3.05) is 6.61 Å². The molecule has 0 aromatic heterocycles. The minimum Gasteiger partial charge on any atom is -0.463 e. The van der Waals surface area contributed by atoms with Gasteiger partial charge in [-0.3, -0.25) is 19.1 Å². The van der Waals surface area contributed by atoms with Crippen LogP contribution in [-0.4, -0.2) is 91.6 Å². The first kappa shape index (κ1) is 27.2. The van der Waals surface area contributed by atoms with E-state index in [1.807, 2.05) is 20.8 Å². The van der Waals surface area contributed by atoms with Crippen LogP contribution in [0.25, 0.3) is 0 Å². The molecule has 4 aliphatic heterocycles. The molecule has 0 bridgehead atoms. The monoisotopic (exact) mass is 518 g/mol. The normalized spacial score (nSPS) is 43.2. The number of hydrogen-bond donors (Lipinski definition) is 0. The van der Waals surface area contributed by atoms with Gasteiger partial charge in [-0.1, -0.05) is 0 Å². The second-order valence-corrected chi connectivity index (χ2v) is 9.83. The molecule has 0 aromatic rings. The van der Waals surface area contributed by atoms with E-state index in [0.717, 1.165) is 0 Å². The Bertz CT molecular complexity index is 861. The lowest BCUT2D eigenvalue weighted by atomic mass is 9.98. The first-order valence-corrected chi connectivity index (χ1v) is 11.9. The summed E-state index contributed by atoms with van der Waals surface area (Å²) in [7, 11) is 0. The molecule has 4 fully saturated rings. The SMILES string of the molecule is CC(=O)OC[C@H]1O[C@@H]2O[C@@](C)(O[C@@H]3C[C@H]4OC(C)(C)O[C@H]4O[C@@H]3C)O[C@@H]2[C@@H](OC(C)=O)[C@@H]1OC(C)=O. The Labute approximate surface area is 208 Å². The van der Waals surface area contributed by atoms with Crippen LogP contribution in [0.3, 0.4) is 0 Å². The molecule has 0 unspecified atom stereocenters. The first-order chi connectivity index (χ1) is 16.7. The van der Waals surface area contributed by atoms with E-state index in [2.05, 4.69) is 0 Å². The van der Waals surface area contributed by atoms with Crippen molar-refractivity contribution in [1.82, 2.24) is 0 Å². The Morgan fingerprint density at radius 2 is 1.50 bits per heavy atom. The lowest BCUT2D eigenvalue weighted by Gasteiger charge is -2.40. The Kier molecular flexibility index (Phi) is 7.64. The fourth-order valence-corrected chi connectivity index (χ4v) is 4.85. The predicted octanol–water partition coefficient (Wildman–Crippen LogP) is 0.899. The maximum Gasteiger partial charge on any atom is 0.303 e. The molecule has 204 valence electrons. The number of hydrogen-bond acceptors (Lipinski definition) is 13. The third-order valence-corrected chi connectivity index (χ3v) is 6.17. The molecule has 0 aromatic carbocycles. The van der Waals surface area contributed by atoms with Gasteiger partial charge in [0.05, 0.1) is 12.2 Å². The summed E-state index contributed by atoms with van der Waals surface area (Å²) in [4.78, 5) is 35.1. The van der Waals surface area contributed by atoms with Crippen LogP contribution in [0.2, 0.25) is 0 Å². The highest BCUT2D eigenvalue weighted by Crippen LogP contribution is 2.43. The van der Waals surface area contributed by atoms with Gasteiger partial charge in [0.25, 0.3) is 5.97 Å². The Morgan fingerprint density at radius 1 is 0.833 bits per heavy atom. The van der Waals surface area contributed by atoms with Crippen LogP contribution >= 0.6 is 0 Å². The van der Waals surface area contributed by atoms with Crippen LogP contribution < -0.4 is 0 Å². The van der Waals surface area contributed by atoms with Gasteiger partial charge < -0.3 is 42.6 Å². The summed E-state index contributed by atoms with van der Waals surface area (Å²) in [5, 5.41) is 0. The van der Waals surface area contributed by atoms with Crippen molar-refractivity contribution in [3.63, 3.8) is 0 Å². The smallest absolute Gasteiger partial charge is 0.303 e. The number of carbonyl (C=O) groups is 3. The largest absolute Gasteiger partial charge is 0.463 e. The summed E-state index contributed by atoms with van der Waals surface area (Å²) in [5.41, 5.74) is 0. The highest BCUT2D eigenvalue weighted by atomic mass is 16.9. The molecule has 0 radical (unpaired) electrons. The second kappa shape index (κ2) is 10.1. The quantitative estimate of drug-likeness (QED) is 0.363. The molecule has 36 heavy (non-hydrogen) atoms. The van der Waals surface area contributed by atoms with E-state index in [-0.39, 0.29) is 18.8 Å². The van der Waals surface area contributed by atoms with Crippen LogP contribution in [0, 0.1) is 0 Å². The van der Waals surface area contributed by atoms with Gasteiger partial charge >= 0.3 is 17.9 Å². The molecule has 0 amide bonds. The predicted molar refractivity (Wildman–Crippen MR) is 115 cm³/mol. The van der Waals surface area contributed by atoms with Crippen LogP contribution in [0.5, 0.6) is 0 Å². The van der Waals surface area contributed by atoms with Crippen molar-refractivity contribution in [2.45, 2.75) is 122 Å². The Hall–Kier alpha value is -1.87. The van der Waals surface area contributed by atoms with E-state index < -0.39 is 72.8 Å². The molecule has 0 saturated carbocycles. The molecule has 0 aliphatic carbocycles. The summed E-state index contributed by atoms with van der Waals surface area (Å²) >= 11 is 0. The van der Waals surface area contributed by atoms with E-state index >= 15 is 0 Å². The van der Waals surface area contributed by atoms with Crippen LogP contribution in [0.1, 0.15) is 54.9 Å². The molecule has 10 atom stereocenters. The van der Waals surface area contributed by atoms with Gasteiger partial charge in [-0.2, -0.15) is 0 Å². The van der Waals surface area contributed by atoms with Gasteiger partial charge in [0, 0.05) is 34.1 Å². The third kappa shape index (κ3) is 5.98. The van der Waals surface area contributed by atoms with Crippen LogP contribution in [-0.2, 0) is 61.8 Å². The molecule has 13 nitrogen and oxygen atoms in total. The minimum absolute atomic E-state index is 0.265. The number of esters is 3. The summed E-state index contributed by atoms with van der Waals surface area (Å²) < 4.78 is 57.8. The molecule has 4 saturated heterocycles. The second-order valence-electron chi connectivity index (χ2n) is 9.83. The van der Waals surface area contributed by atoms with E-state index in [1.165, 1.54) is 20.8 Å². The standard InChI is InChI=1S/C23H34O13/c1-10-14(8-15-20(28-10)35-22(5,6)32-15)33-23(7)34-19-18(30-13(4)26)17(29-12(3)25)16(9-27-11(2)24)31-21(19)36-23/h10,14-21H,8-9H2,1-7H3/t10-,14-,15-,16-,17-,18+,19-,20-,21-,23+/m1/s1. The highest BCUT2D eigenvalue weighted by molar-refractivity contribution is 5.67. The Morgan fingerprint density at radius 3 is 2.14 bits per heavy atom. The van der Waals surface area contributed by atoms with Gasteiger partial charge in [-0.25, -0.2) is 0 Å². The van der Waals surface area contributed by atoms with Crippen molar-refractivity contribution in [2.24, 2.45) is 0 Å². The van der Waals surface area contributed by atoms with E-state index in [9.17, 15) is 14.4 Å². The summed E-state index contributed by atoms with van der Waals surface area (Å²) in [6.07, 6.45) is -6.61. The van der Waals surface area contributed by atoms with Crippen molar-refractivity contribution < 1.29 is 61.8 Å². The topological polar surface area (TPSA) is 144 Å². The number of rotatable bonds is 6. The van der Waals surface area contributed by atoms with Crippen molar-refractivity contribution in [3.8, 4) is 0 Å². The average molecular weight is 519 g/mol. The molecule has 4 heterocycles. The van der Waals surface area contributed by atoms with Gasteiger partial charge in [0.2, 0.25) is 0 Å². The van der Waals surface area contributed by atoms with Crippen LogP contribution in [0.4, 0.5) is 0 Å². The van der Waals surface area contributed by atoms with Gasteiger partial charge in [-0.05, 0) is 20.8 Å². The number of ether oxygens (including phenoxy) is 10. The zero-order chi connectivity index (χ0) is 26.4. The van der Waals surface area contributed by atoms with E-state index in [1.54, 1.807) is 6.92 Å². The number of fused-ring (bicyclic) bond motifs is 2. The molecule has 13 heteroatoms. The summed E-state index contributed by atoms with van der Waals surface area (Å²) in [6, 6.07) is 0. The minimum atomic E-state index is -1.63. The third-order valence-electron chi connectivity index (χ3n) is 6.17. The molecular formula is C23H34O13. The fraction of sp³-hybridized carbons (Fsp3) is 0.870. The molecule has 4 aliphatic rings. The Balaban J connectivity index is 1.51. The molecule has 0 spiro atoms. The van der Waals surface area contributed by atoms with E-state index in [0.29, 0.717) is 6.42 Å². The van der Waals surface area contributed by atoms with Crippen molar-refractivity contribution in [3.05, 3.63) is 0 Å². The zero-order valence-corrected chi connectivity index (χ0v) is 21.4. The summed E-state index contributed by atoms with van der Waals surface area (Å²) in [5.74, 6) is -4.25. The van der Waals surface area contributed by atoms with Gasteiger partial charge in [0.1, 0.15) is 18.8 Å². The van der Waals surface area contributed by atoms with Gasteiger partial charge in [0.15, 0.2) is 36.7 Å². The van der Waals surface area contributed by atoms with Crippen LogP contribution in [0.15, 0.2) is 0 Å². The average Bonchev–Trinajstić information content (AvgIpc) is 3.22. The van der Waals surface area contributed by atoms with Gasteiger partial charge in [-0.15, -0.1) is 0 Å². The highest BCUT2D eigenvalue weighted by Gasteiger charge is 2.60. The maximum atomic E-state index is 11.9. The fourth-order valence-electron chi connectivity index (χ4n) is 4.85. The maximum absolute atomic E-state index is 11.9. The van der Waals surface area contributed by atoms with Crippen molar-refractivity contribution in [1.29, 1.82) is 0 Å². The lowest BCUT2D eigenvalue weighted by Crippen LogP contribution is -2.60. The zero-order valence-electron chi connectivity index (χ0n) is 21.4. The summed E-state index contributed by atoms with van der Waals surface area (Å²) in [6.45, 7) is 10.4. The van der Waals surface area contributed by atoms with E-state index in [4.69, 9.17) is 47.4 Å². The van der Waals surface area contributed by atoms with Crippen molar-refractivity contribution >= 4 is 17.9 Å². The molecule has 0 N–H and O–H groups in total. The number of carbonyl (C=O) groups excluding carboxylic acids is 3.